The van der Waals surface area contributed by atoms with Crippen LogP contribution in [0.1, 0.15) is 6.92 Å². The number of nitrogens with one attached hydrogen (secondary N) is 2. The Balaban J connectivity index is 1.73. The number of hydrogen-bond donors (Lipinski definition) is 2. The van der Waals surface area contributed by atoms with Crippen molar-refractivity contribution >= 4 is 35.1 Å². The molecule has 104 valence electrons. The minimum Gasteiger partial charge on any atom is -0.325 e. The zero-order chi connectivity index (χ0) is 13.5. The second kappa shape index (κ2) is 7.82. The first-order valence-corrected chi connectivity index (χ1v) is 8.74. The third-order valence-electron chi connectivity index (χ3n) is 2.97. The molecule has 0 aromatic heterocycles. The summed E-state index contributed by atoms with van der Waals surface area (Å²) in [5.41, 5.74) is 0.851. The number of para-hydroxylation sites is 1. The summed E-state index contributed by atoms with van der Waals surface area (Å²) in [6.07, 6.45) is 0. The predicted octanol–water partition coefficient (Wildman–Crippen LogP) is 2.45. The van der Waals surface area contributed by atoms with Crippen LogP contribution in [0.15, 0.2) is 30.3 Å². The minimum absolute atomic E-state index is 0.0275. The van der Waals surface area contributed by atoms with Crippen LogP contribution in [0.25, 0.3) is 0 Å². The van der Waals surface area contributed by atoms with Crippen molar-refractivity contribution in [2.75, 3.05) is 29.1 Å². The Labute approximate surface area is 123 Å². The van der Waals surface area contributed by atoms with E-state index in [9.17, 15) is 4.79 Å². The molecule has 5 heteroatoms. The lowest BCUT2D eigenvalue weighted by Crippen LogP contribution is -2.42. The molecule has 2 atom stereocenters. The van der Waals surface area contributed by atoms with Gasteiger partial charge in [-0.2, -0.15) is 23.5 Å². The second-order valence-corrected chi connectivity index (χ2v) is 7.11. The summed E-state index contributed by atoms with van der Waals surface area (Å²) in [4.78, 5) is 12.0. The summed E-state index contributed by atoms with van der Waals surface area (Å²) in [6, 6.07) is 9.42. The molecule has 1 amide bonds. The molecule has 1 aromatic rings. The first-order valence-electron chi connectivity index (χ1n) is 6.54. The lowest BCUT2D eigenvalue weighted by Gasteiger charge is -2.23. The Kier molecular flexibility index (Phi) is 6.07. The van der Waals surface area contributed by atoms with Crippen molar-refractivity contribution in [1.29, 1.82) is 0 Å². The number of anilines is 1. The molecule has 0 radical (unpaired) electrons. The van der Waals surface area contributed by atoms with Gasteiger partial charge in [0.05, 0.1) is 6.04 Å². The third-order valence-corrected chi connectivity index (χ3v) is 5.82. The summed E-state index contributed by atoms with van der Waals surface area (Å²) >= 11 is 4.01. The van der Waals surface area contributed by atoms with Gasteiger partial charge in [0.15, 0.2) is 0 Å². The van der Waals surface area contributed by atoms with Crippen LogP contribution < -0.4 is 10.6 Å². The number of benzene rings is 1. The average molecular weight is 296 g/mol. The van der Waals surface area contributed by atoms with Crippen molar-refractivity contribution in [3.63, 3.8) is 0 Å². The lowest BCUT2D eigenvalue weighted by atomic mass is 10.2. The van der Waals surface area contributed by atoms with Crippen LogP contribution in [0.3, 0.4) is 0 Å². The lowest BCUT2D eigenvalue weighted by molar-refractivity contribution is -0.117. The van der Waals surface area contributed by atoms with Gasteiger partial charge in [-0.3, -0.25) is 4.79 Å². The molecule has 19 heavy (non-hydrogen) atoms. The SMILES string of the molecule is CC(NCC1CSCCS1)C(=O)Nc1ccccc1. The summed E-state index contributed by atoms with van der Waals surface area (Å²) in [7, 11) is 0. The highest BCUT2D eigenvalue weighted by Crippen LogP contribution is 2.23. The van der Waals surface area contributed by atoms with Crippen LogP contribution in [0.5, 0.6) is 0 Å². The van der Waals surface area contributed by atoms with Crippen LogP contribution >= 0.6 is 23.5 Å². The molecule has 3 nitrogen and oxygen atoms in total. The summed E-state index contributed by atoms with van der Waals surface area (Å²) in [5, 5.41) is 6.87. The monoisotopic (exact) mass is 296 g/mol. The number of carbonyl (C=O) groups is 1. The van der Waals surface area contributed by atoms with Crippen LogP contribution in [0.2, 0.25) is 0 Å². The second-order valence-electron chi connectivity index (χ2n) is 4.55. The van der Waals surface area contributed by atoms with Gasteiger partial charge in [0, 0.05) is 34.7 Å². The zero-order valence-corrected chi connectivity index (χ0v) is 12.7. The van der Waals surface area contributed by atoms with E-state index in [0.717, 1.165) is 12.2 Å². The first kappa shape index (κ1) is 14.8. The highest BCUT2D eigenvalue weighted by molar-refractivity contribution is 8.06. The normalized spacial score (nSPS) is 20.8. The fraction of sp³-hybridized carbons (Fsp3) is 0.500. The number of amides is 1. The van der Waals surface area contributed by atoms with Gasteiger partial charge in [-0.05, 0) is 19.1 Å². The van der Waals surface area contributed by atoms with E-state index in [2.05, 4.69) is 10.6 Å². The molecule has 0 aliphatic carbocycles. The molecule has 2 N–H and O–H groups in total. The Hall–Kier alpha value is -0.650. The molecule has 1 heterocycles. The number of rotatable bonds is 5. The van der Waals surface area contributed by atoms with E-state index in [1.807, 2.05) is 60.8 Å². The van der Waals surface area contributed by atoms with Gasteiger partial charge in [0.2, 0.25) is 5.91 Å². The fourth-order valence-corrected chi connectivity index (χ4v) is 4.45. The van der Waals surface area contributed by atoms with Crippen molar-refractivity contribution in [2.45, 2.75) is 18.2 Å². The minimum atomic E-state index is -0.160. The average Bonchev–Trinajstić information content (AvgIpc) is 2.47. The predicted molar refractivity (Wildman–Crippen MR) is 86.1 cm³/mol. The van der Waals surface area contributed by atoms with Gasteiger partial charge >= 0.3 is 0 Å². The molecule has 1 saturated heterocycles. The molecular weight excluding hydrogens is 276 g/mol. The standard InChI is InChI=1S/C14H20N2OS2/c1-11(15-9-13-10-18-7-8-19-13)14(17)16-12-5-3-2-4-6-12/h2-6,11,13,15H,7-10H2,1H3,(H,16,17). The molecule has 0 saturated carbocycles. The van der Waals surface area contributed by atoms with Crippen molar-refractivity contribution in [3.05, 3.63) is 30.3 Å². The molecular formula is C14H20N2OS2. The number of carbonyl (C=O) groups excluding carboxylic acids is 1. The number of thioether (sulfide) groups is 2. The van der Waals surface area contributed by atoms with Crippen LogP contribution in [0, 0.1) is 0 Å². The fourth-order valence-electron chi connectivity index (χ4n) is 1.83. The van der Waals surface area contributed by atoms with Gasteiger partial charge in [-0.15, -0.1) is 0 Å². The largest absolute Gasteiger partial charge is 0.325 e. The Morgan fingerprint density at radius 2 is 2.16 bits per heavy atom. The van der Waals surface area contributed by atoms with Crippen LogP contribution in [-0.4, -0.2) is 41.0 Å². The maximum atomic E-state index is 12.0. The summed E-state index contributed by atoms with van der Waals surface area (Å²) in [6.45, 7) is 2.82. The molecule has 1 aliphatic rings. The Morgan fingerprint density at radius 3 is 2.84 bits per heavy atom. The van der Waals surface area contributed by atoms with Gasteiger partial charge in [-0.25, -0.2) is 0 Å². The van der Waals surface area contributed by atoms with E-state index in [1.165, 1.54) is 17.3 Å². The molecule has 2 unspecified atom stereocenters. The van der Waals surface area contributed by atoms with Crippen molar-refractivity contribution in [1.82, 2.24) is 5.32 Å². The summed E-state index contributed by atoms with van der Waals surface area (Å²) in [5.74, 6) is 3.69. The van der Waals surface area contributed by atoms with Crippen molar-refractivity contribution in [2.24, 2.45) is 0 Å². The van der Waals surface area contributed by atoms with Gasteiger partial charge < -0.3 is 10.6 Å². The quantitative estimate of drug-likeness (QED) is 0.876. The van der Waals surface area contributed by atoms with Crippen LogP contribution in [0.4, 0.5) is 5.69 Å². The highest BCUT2D eigenvalue weighted by atomic mass is 32.2. The van der Waals surface area contributed by atoms with E-state index >= 15 is 0 Å². The third kappa shape index (κ3) is 5.09. The van der Waals surface area contributed by atoms with E-state index < -0.39 is 0 Å². The van der Waals surface area contributed by atoms with Gasteiger partial charge in [0.25, 0.3) is 0 Å². The summed E-state index contributed by atoms with van der Waals surface area (Å²) < 4.78 is 0. The van der Waals surface area contributed by atoms with Gasteiger partial charge in [0.1, 0.15) is 0 Å². The van der Waals surface area contributed by atoms with E-state index in [4.69, 9.17) is 0 Å². The molecule has 1 aromatic carbocycles. The van der Waals surface area contributed by atoms with E-state index in [-0.39, 0.29) is 11.9 Å². The number of hydrogen-bond acceptors (Lipinski definition) is 4. The van der Waals surface area contributed by atoms with Crippen molar-refractivity contribution in [3.8, 4) is 0 Å². The smallest absolute Gasteiger partial charge is 0.241 e. The van der Waals surface area contributed by atoms with Crippen LogP contribution in [-0.2, 0) is 4.79 Å². The maximum absolute atomic E-state index is 12.0. The Morgan fingerprint density at radius 1 is 1.37 bits per heavy atom. The topological polar surface area (TPSA) is 41.1 Å². The van der Waals surface area contributed by atoms with Crippen molar-refractivity contribution < 1.29 is 4.79 Å². The molecule has 1 fully saturated rings. The molecule has 2 rings (SSSR count). The van der Waals surface area contributed by atoms with E-state index in [0.29, 0.717) is 5.25 Å². The maximum Gasteiger partial charge on any atom is 0.241 e. The zero-order valence-electron chi connectivity index (χ0n) is 11.1. The van der Waals surface area contributed by atoms with Gasteiger partial charge in [-0.1, -0.05) is 18.2 Å². The Bertz CT molecular complexity index is 394. The molecule has 0 bridgehead atoms. The van der Waals surface area contributed by atoms with E-state index in [1.54, 1.807) is 0 Å². The molecule has 1 aliphatic heterocycles. The first-order chi connectivity index (χ1) is 9.25. The molecule has 0 spiro atoms. The highest BCUT2D eigenvalue weighted by Gasteiger charge is 2.17.